The fraction of sp³-hybridized carbons (Fsp3) is 0.923. The molecule has 18 heavy (non-hydrogen) atoms. The van der Waals surface area contributed by atoms with Crippen molar-refractivity contribution in [2.45, 2.75) is 37.8 Å². The van der Waals surface area contributed by atoms with E-state index < -0.39 is 0 Å². The van der Waals surface area contributed by atoms with E-state index in [1.54, 1.807) is 7.11 Å². The molecule has 5 nitrogen and oxygen atoms in total. The van der Waals surface area contributed by atoms with Gasteiger partial charge in [0.05, 0.1) is 13.2 Å². The fourth-order valence-electron chi connectivity index (χ4n) is 3.06. The number of carbonyl (C=O) groups is 1. The molecule has 0 aromatic carbocycles. The van der Waals surface area contributed by atoms with E-state index in [9.17, 15) is 4.79 Å². The monoisotopic (exact) mass is 255 g/mol. The minimum absolute atomic E-state index is 0.0707. The van der Waals surface area contributed by atoms with Gasteiger partial charge in [0.15, 0.2) is 0 Å². The third-order valence-corrected chi connectivity index (χ3v) is 4.01. The topological polar surface area (TPSA) is 53.6 Å². The number of amides is 1. The zero-order valence-corrected chi connectivity index (χ0v) is 11.3. The molecule has 2 fully saturated rings. The molecule has 1 amide bonds. The van der Waals surface area contributed by atoms with Crippen molar-refractivity contribution >= 4 is 5.91 Å². The van der Waals surface area contributed by atoms with E-state index in [0.717, 1.165) is 0 Å². The SMILES string of the molecule is COCCNC(=O)CNC1CCN2CCCCC12. The van der Waals surface area contributed by atoms with Gasteiger partial charge >= 0.3 is 0 Å². The summed E-state index contributed by atoms with van der Waals surface area (Å²) in [4.78, 5) is 14.2. The Labute approximate surface area is 109 Å². The zero-order chi connectivity index (χ0) is 12.8. The lowest BCUT2D eigenvalue weighted by atomic mass is 9.99. The highest BCUT2D eigenvalue weighted by molar-refractivity contribution is 5.78. The maximum absolute atomic E-state index is 11.6. The highest BCUT2D eigenvalue weighted by Gasteiger charge is 2.35. The van der Waals surface area contributed by atoms with Crippen LogP contribution in [0, 0.1) is 0 Å². The highest BCUT2D eigenvalue weighted by Crippen LogP contribution is 2.26. The Morgan fingerprint density at radius 1 is 1.33 bits per heavy atom. The number of nitrogens with zero attached hydrogens (tertiary/aromatic N) is 1. The van der Waals surface area contributed by atoms with Gasteiger partial charge in [0.25, 0.3) is 0 Å². The van der Waals surface area contributed by atoms with Gasteiger partial charge < -0.3 is 15.4 Å². The summed E-state index contributed by atoms with van der Waals surface area (Å²) >= 11 is 0. The van der Waals surface area contributed by atoms with Crippen LogP contribution in [0.15, 0.2) is 0 Å². The van der Waals surface area contributed by atoms with Crippen molar-refractivity contribution in [3.8, 4) is 0 Å². The number of hydrogen-bond acceptors (Lipinski definition) is 4. The van der Waals surface area contributed by atoms with Crippen LogP contribution in [0.5, 0.6) is 0 Å². The molecule has 5 heteroatoms. The number of rotatable bonds is 6. The van der Waals surface area contributed by atoms with E-state index in [1.807, 2.05) is 0 Å². The number of piperidine rings is 1. The maximum Gasteiger partial charge on any atom is 0.234 e. The lowest BCUT2D eigenvalue weighted by Gasteiger charge is -2.32. The largest absolute Gasteiger partial charge is 0.383 e. The van der Waals surface area contributed by atoms with Crippen LogP contribution >= 0.6 is 0 Å². The van der Waals surface area contributed by atoms with Crippen LogP contribution < -0.4 is 10.6 Å². The first kappa shape index (κ1) is 13.8. The van der Waals surface area contributed by atoms with Crippen LogP contribution in [-0.4, -0.2) is 62.8 Å². The second kappa shape index (κ2) is 7.07. The molecule has 0 saturated carbocycles. The van der Waals surface area contributed by atoms with Crippen LogP contribution in [0.1, 0.15) is 25.7 Å². The Balaban J connectivity index is 1.65. The maximum atomic E-state index is 11.6. The normalized spacial score (nSPS) is 28.1. The summed E-state index contributed by atoms with van der Waals surface area (Å²) in [6, 6.07) is 1.16. The van der Waals surface area contributed by atoms with E-state index in [-0.39, 0.29) is 5.91 Å². The van der Waals surface area contributed by atoms with Gasteiger partial charge in [-0.15, -0.1) is 0 Å². The molecule has 0 spiro atoms. The summed E-state index contributed by atoms with van der Waals surface area (Å²) in [7, 11) is 1.64. The van der Waals surface area contributed by atoms with Gasteiger partial charge in [-0.2, -0.15) is 0 Å². The standard InChI is InChI=1S/C13H25N3O2/c1-18-9-6-14-13(17)10-15-11-5-8-16-7-3-2-4-12(11)16/h11-12,15H,2-10H2,1H3,(H,14,17). The van der Waals surface area contributed by atoms with Crippen molar-refractivity contribution < 1.29 is 9.53 Å². The Kier molecular flexibility index (Phi) is 5.41. The van der Waals surface area contributed by atoms with E-state index in [1.165, 1.54) is 38.8 Å². The second-order valence-corrected chi connectivity index (χ2v) is 5.22. The Morgan fingerprint density at radius 2 is 2.22 bits per heavy atom. The van der Waals surface area contributed by atoms with E-state index >= 15 is 0 Å². The molecular formula is C13H25N3O2. The minimum Gasteiger partial charge on any atom is -0.383 e. The quantitative estimate of drug-likeness (QED) is 0.654. The van der Waals surface area contributed by atoms with Gasteiger partial charge in [0, 0.05) is 32.3 Å². The first-order chi connectivity index (χ1) is 8.81. The fourth-order valence-corrected chi connectivity index (χ4v) is 3.06. The van der Waals surface area contributed by atoms with Crippen molar-refractivity contribution in [3.63, 3.8) is 0 Å². The molecule has 2 aliphatic heterocycles. The smallest absolute Gasteiger partial charge is 0.234 e. The zero-order valence-electron chi connectivity index (χ0n) is 11.3. The Bertz CT molecular complexity index is 273. The molecule has 2 atom stereocenters. The van der Waals surface area contributed by atoms with Crippen LogP contribution in [0.3, 0.4) is 0 Å². The Morgan fingerprint density at radius 3 is 3.06 bits per heavy atom. The summed E-state index contributed by atoms with van der Waals surface area (Å²) in [5, 5.41) is 6.25. The average molecular weight is 255 g/mol. The van der Waals surface area contributed by atoms with Crippen LogP contribution in [-0.2, 0) is 9.53 Å². The predicted molar refractivity (Wildman–Crippen MR) is 70.5 cm³/mol. The summed E-state index contributed by atoms with van der Waals surface area (Å²) in [6.07, 6.45) is 5.12. The number of ether oxygens (including phenoxy) is 1. The first-order valence-electron chi connectivity index (χ1n) is 7.04. The molecule has 2 aliphatic rings. The van der Waals surface area contributed by atoms with Crippen LogP contribution in [0.25, 0.3) is 0 Å². The van der Waals surface area contributed by atoms with Crippen LogP contribution in [0.2, 0.25) is 0 Å². The van der Waals surface area contributed by atoms with Crippen molar-refractivity contribution in [3.05, 3.63) is 0 Å². The van der Waals surface area contributed by atoms with Crippen molar-refractivity contribution in [1.82, 2.24) is 15.5 Å². The first-order valence-corrected chi connectivity index (χ1v) is 7.04. The average Bonchev–Trinajstić information content (AvgIpc) is 2.80. The molecule has 2 unspecified atom stereocenters. The molecule has 0 radical (unpaired) electrons. The van der Waals surface area contributed by atoms with Crippen LogP contribution in [0.4, 0.5) is 0 Å². The van der Waals surface area contributed by atoms with E-state index in [2.05, 4.69) is 15.5 Å². The molecule has 2 heterocycles. The van der Waals surface area contributed by atoms with E-state index in [4.69, 9.17) is 4.74 Å². The molecule has 0 aromatic rings. The summed E-state index contributed by atoms with van der Waals surface area (Å²) in [5.41, 5.74) is 0. The predicted octanol–water partition coefficient (Wildman–Crippen LogP) is -0.0346. The van der Waals surface area contributed by atoms with E-state index in [0.29, 0.717) is 31.8 Å². The molecule has 0 aliphatic carbocycles. The van der Waals surface area contributed by atoms with Crippen molar-refractivity contribution in [2.24, 2.45) is 0 Å². The molecule has 0 aromatic heterocycles. The van der Waals surface area contributed by atoms with Gasteiger partial charge in [-0.05, 0) is 25.8 Å². The number of carbonyl (C=O) groups excluding carboxylic acids is 1. The minimum atomic E-state index is 0.0707. The molecule has 2 rings (SSSR count). The highest BCUT2D eigenvalue weighted by atomic mass is 16.5. The number of methoxy groups -OCH3 is 1. The lowest BCUT2D eigenvalue weighted by molar-refractivity contribution is -0.120. The van der Waals surface area contributed by atoms with Gasteiger partial charge in [0.2, 0.25) is 5.91 Å². The number of fused-ring (bicyclic) bond motifs is 1. The summed E-state index contributed by atoms with van der Waals surface area (Å²) < 4.78 is 4.90. The summed E-state index contributed by atoms with van der Waals surface area (Å²) in [5.74, 6) is 0.0707. The number of hydrogen-bond donors (Lipinski definition) is 2. The molecule has 2 N–H and O–H groups in total. The Hall–Kier alpha value is -0.650. The second-order valence-electron chi connectivity index (χ2n) is 5.22. The van der Waals surface area contributed by atoms with Gasteiger partial charge in [-0.3, -0.25) is 9.69 Å². The molecule has 2 saturated heterocycles. The molecular weight excluding hydrogens is 230 g/mol. The van der Waals surface area contributed by atoms with Gasteiger partial charge in [0.1, 0.15) is 0 Å². The van der Waals surface area contributed by atoms with Gasteiger partial charge in [-0.25, -0.2) is 0 Å². The van der Waals surface area contributed by atoms with Gasteiger partial charge in [-0.1, -0.05) is 6.42 Å². The molecule has 0 bridgehead atoms. The summed E-state index contributed by atoms with van der Waals surface area (Å²) in [6.45, 7) is 4.03. The number of nitrogens with one attached hydrogen (secondary N) is 2. The third kappa shape index (κ3) is 3.67. The van der Waals surface area contributed by atoms with Crippen molar-refractivity contribution in [1.29, 1.82) is 0 Å². The third-order valence-electron chi connectivity index (χ3n) is 4.01. The lowest BCUT2D eigenvalue weighted by Crippen LogP contribution is -2.47. The molecule has 104 valence electrons. The van der Waals surface area contributed by atoms with Crippen molar-refractivity contribution in [2.75, 3.05) is 39.9 Å².